The van der Waals surface area contributed by atoms with Gasteiger partial charge in [-0.15, -0.1) is 0 Å². The van der Waals surface area contributed by atoms with Crippen LogP contribution >= 0.6 is 58.0 Å². The monoisotopic (exact) mass is 473 g/mol. The van der Waals surface area contributed by atoms with Crippen molar-refractivity contribution in [2.45, 2.75) is 6.42 Å². The highest BCUT2D eigenvalue weighted by Gasteiger charge is 2.11. The Labute approximate surface area is 180 Å². The summed E-state index contributed by atoms with van der Waals surface area (Å²) in [5, 5.41) is 0.760. The largest absolute Gasteiger partial charge is 0.490 e. The molecule has 2 aromatic rings. The van der Waals surface area contributed by atoms with Gasteiger partial charge in [0.15, 0.2) is 11.6 Å². The van der Waals surface area contributed by atoms with Crippen LogP contribution < -0.4 is 14.2 Å². The second-order valence-corrected chi connectivity index (χ2v) is 7.27. The van der Waals surface area contributed by atoms with Gasteiger partial charge >= 0.3 is 0 Å². The maximum absolute atomic E-state index is 13.5. The molecule has 0 unspecified atom stereocenters. The molecule has 1 aromatic carbocycles. The molecule has 0 aliphatic heterocycles. The molecule has 4 nitrogen and oxygen atoms in total. The van der Waals surface area contributed by atoms with E-state index in [9.17, 15) is 4.39 Å². The molecule has 0 aliphatic rings. The van der Waals surface area contributed by atoms with Crippen molar-refractivity contribution in [1.82, 2.24) is 4.98 Å². The number of pyridine rings is 1. The third-order valence-corrected chi connectivity index (χ3v) is 4.08. The van der Waals surface area contributed by atoms with E-state index in [4.69, 9.17) is 72.2 Å². The van der Waals surface area contributed by atoms with Crippen molar-refractivity contribution in [3.05, 3.63) is 55.8 Å². The summed E-state index contributed by atoms with van der Waals surface area (Å²) >= 11 is 29.0. The molecule has 0 fully saturated rings. The molecule has 0 N–H and O–H groups in total. The van der Waals surface area contributed by atoms with Crippen LogP contribution in [0.25, 0.3) is 0 Å². The van der Waals surface area contributed by atoms with E-state index in [1.165, 1.54) is 12.3 Å². The van der Waals surface area contributed by atoms with E-state index in [1.54, 1.807) is 12.1 Å². The van der Waals surface area contributed by atoms with E-state index in [0.29, 0.717) is 17.9 Å². The number of benzene rings is 1. The molecule has 1 heterocycles. The molecule has 146 valence electrons. The van der Waals surface area contributed by atoms with Gasteiger partial charge in [-0.05, 0) is 12.1 Å². The van der Waals surface area contributed by atoms with Crippen LogP contribution in [0.3, 0.4) is 0 Å². The Kier molecular flexibility index (Phi) is 9.06. The van der Waals surface area contributed by atoms with Crippen molar-refractivity contribution in [2.24, 2.45) is 0 Å². The van der Waals surface area contributed by atoms with Crippen molar-refractivity contribution >= 4 is 58.0 Å². The number of hydrogen-bond acceptors (Lipinski definition) is 4. The van der Waals surface area contributed by atoms with Crippen LogP contribution in [0.1, 0.15) is 6.42 Å². The minimum absolute atomic E-state index is 0.100. The van der Waals surface area contributed by atoms with E-state index < -0.39 is 5.82 Å². The predicted octanol–water partition coefficient (Wildman–Crippen LogP) is 6.73. The summed E-state index contributed by atoms with van der Waals surface area (Å²) in [7, 11) is 0. The Hall–Kier alpha value is -1.11. The molecular formula is C17H13Cl5FNO3. The Bertz CT molecular complexity index is 792. The van der Waals surface area contributed by atoms with Crippen molar-refractivity contribution in [1.29, 1.82) is 0 Å². The van der Waals surface area contributed by atoms with E-state index in [1.807, 2.05) is 0 Å². The zero-order chi connectivity index (χ0) is 19.8. The zero-order valence-electron chi connectivity index (χ0n) is 13.7. The van der Waals surface area contributed by atoms with E-state index in [0.717, 1.165) is 6.07 Å². The average molecular weight is 476 g/mol. The molecule has 0 spiro atoms. The maximum atomic E-state index is 13.5. The van der Waals surface area contributed by atoms with Crippen LogP contribution in [-0.2, 0) is 0 Å². The first-order valence-electron chi connectivity index (χ1n) is 7.56. The molecule has 27 heavy (non-hydrogen) atoms. The second-order valence-electron chi connectivity index (χ2n) is 5.01. The SMILES string of the molecule is Fc1cc(Cl)cnc1OCCCOc1c(Cl)cc(OCC=C(Cl)Cl)cc1Cl. The normalized spacial score (nSPS) is 10.4. The van der Waals surface area contributed by atoms with Crippen molar-refractivity contribution in [3.8, 4) is 17.4 Å². The summed E-state index contributed by atoms with van der Waals surface area (Å²) in [6, 6.07) is 4.24. The molecule has 10 heteroatoms. The predicted molar refractivity (Wildman–Crippen MR) is 107 cm³/mol. The Morgan fingerprint density at radius 2 is 1.67 bits per heavy atom. The standard InChI is InChI=1S/C17H13Cl5FNO3/c18-10-6-14(23)17(24-9-10)27-4-1-3-26-16-12(19)7-11(8-13(16)20)25-5-2-15(21)22/h2,6-9H,1,3-5H2. The van der Waals surface area contributed by atoms with Gasteiger partial charge in [-0.25, -0.2) is 9.37 Å². The smallest absolute Gasteiger partial charge is 0.250 e. The van der Waals surface area contributed by atoms with Gasteiger partial charge in [0.25, 0.3) is 0 Å². The van der Waals surface area contributed by atoms with Crippen LogP contribution in [0.2, 0.25) is 15.1 Å². The summed E-state index contributed by atoms with van der Waals surface area (Å²) in [4.78, 5) is 3.76. The average Bonchev–Trinajstić information content (AvgIpc) is 2.58. The Balaban J connectivity index is 1.82. The van der Waals surface area contributed by atoms with Gasteiger partial charge in [0.1, 0.15) is 16.8 Å². The van der Waals surface area contributed by atoms with Gasteiger partial charge in [0, 0.05) is 24.8 Å². The lowest BCUT2D eigenvalue weighted by Crippen LogP contribution is -2.07. The van der Waals surface area contributed by atoms with Gasteiger partial charge in [-0.2, -0.15) is 0 Å². The summed E-state index contributed by atoms with van der Waals surface area (Å²) in [5.41, 5.74) is 0. The summed E-state index contributed by atoms with van der Waals surface area (Å²) in [5.74, 6) is 0.00154. The first-order valence-corrected chi connectivity index (χ1v) is 9.45. The van der Waals surface area contributed by atoms with Gasteiger partial charge < -0.3 is 14.2 Å². The quantitative estimate of drug-likeness (QED) is 0.377. The van der Waals surface area contributed by atoms with Crippen LogP contribution in [0.4, 0.5) is 4.39 Å². The lowest BCUT2D eigenvalue weighted by atomic mass is 10.3. The number of aromatic nitrogens is 1. The summed E-state index contributed by atoms with van der Waals surface area (Å²) in [6.07, 6.45) is 3.23. The van der Waals surface area contributed by atoms with E-state index >= 15 is 0 Å². The molecule has 0 amide bonds. The molecule has 2 rings (SSSR count). The fourth-order valence-electron chi connectivity index (χ4n) is 1.87. The summed E-state index contributed by atoms with van der Waals surface area (Å²) in [6.45, 7) is 0.606. The molecule has 0 saturated heterocycles. The number of rotatable bonds is 9. The van der Waals surface area contributed by atoms with Gasteiger partial charge in [-0.1, -0.05) is 58.0 Å². The van der Waals surface area contributed by atoms with Crippen LogP contribution in [0.5, 0.6) is 17.4 Å². The molecule has 0 saturated carbocycles. The van der Waals surface area contributed by atoms with Crippen molar-refractivity contribution in [3.63, 3.8) is 0 Å². The fraction of sp³-hybridized carbons (Fsp3) is 0.235. The molecule has 0 atom stereocenters. The van der Waals surface area contributed by atoms with E-state index in [-0.39, 0.29) is 45.3 Å². The first-order chi connectivity index (χ1) is 12.9. The molecule has 0 radical (unpaired) electrons. The van der Waals surface area contributed by atoms with Gasteiger partial charge in [-0.3, -0.25) is 0 Å². The molecule has 0 bridgehead atoms. The van der Waals surface area contributed by atoms with Gasteiger partial charge in [0.05, 0.1) is 28.3 Å². The lowest BCUT2D eigenvalue weighted by molar-refractivity contribution is 0.235. The van der Waals surface area contributed by atoms with Crippen molar-refractivity contribution in [2.75, 3.05) is 19.8 Å². The maximum Gasteiger partial charge on any atom is 0.250 e. The number of nitrogens with zero attached hydrogens (tertiary/aromatic N) is 1. The molecular weight excluding hydrogens is 462 g/mol. The van der Waals surface area contributed by atoms with Crippen LogP contribution in [0.15, 0.2) is 35.0 Å². The van der Waals surface area contributed by atoms with Crippen LogP contribution in [-0.4, -0.2) is 24.8 Å². The highest BCUT2D eigenvalue weighted by Crippen LogP contribution is 2.37. The molecule has 0 aliphatic carbocycles. The third kappa shape index (κ3) is 7.43. The number of ether oxygens (including phenoxy) is 3. The highest BCUT2D eigenvalue weighted by molar-refractivity contribution is 6.55. The Morgan fingerprint density at radius 3 is 2.30 bits per heavy atom. The number of halogens is 6. The third-order valence-electron chi connectivity index (χ3n) is 3.01. The molecule has 1 aromatic heterocycles. The summed E-state index contributed by atoms with van der Waals surface area (Å²) < 4.78 is 29.8. The van der Waals surface area contributed by atoms with Crippen LogP contribution in [0, 0.1) is 5.82 Å². The minimum Gasteiger partial charge on any atom is -0.490 e. The first kappa shape index (κ1) is 22.2. The van der Waals surface area contributed by atoms with Crippen molar-refractivity contribution < 1.29 is 18.6 Å². The number of hydrogen-bond donors (Lipinski definition) is 0. The zero-order valence-corrected chi connectivity index (χ0v) is 17.4. The lowest BCUT2D eigenvalue weighted by Gasteiger charge is -2.12. The highest BCUT2D eigenvalue weighted by atomic mass is 35.5. The topological polar surface area (TPSA) is 40.6 Å². The Morgan fingerprint density at radius 1 is 1.00 bits per heavy atom. The minimum atomic E-state index is -0.629. The van der Waals surface area contributed by atoms with Gasteiger partial charge in [0.2, 0.25) is 5.88 Å². The van der Waals surface area contributed by atoms with E-state index in [2.05, 4.69) is 4.98 Å². The second kappa shape index (κ2) is 11.0. The fourth-order valence-corrected chi connectivity index (χ4v) is 2.72.